The van der Waals surface area contributed by atoms with Crippen LogP contribution in [0.4, 0.5) is 23.1 Å². The molecule has 0 aliphatic rings. The minimum atomic E-state index is -0.521. The molecule has 98 valence electrons. The maximum atomic E-state index is 11.1. The predicted octanol–water partition coefficient (Wildman–Crippen LogP) is 2.62. The summed E-state index contributed by atoms with van der Waals surface area (Å²) in [6, 6.07) is 7.39. The van der Waals surface area contributed by atoms with E-state index in [4.69, 9.17) is 5.73 Å². The number of aryl methyl sites for hydroxylation is 1. The number of hydrogen-bond acceptors (Lipinski definition) is 6. The normalized spacial score (nSPS) is 10.2. The van der Waals surface area contributed by atoms with Gasteiger partial charge in [-0.25, -0.2) is 4.98 Å². The summed E-state index contributed by atoms with van der Waals surface area (Å²) < 4.78 is 0.921. The number of nitrogens with one attached hydrogen (secondary N) is 1. The molecule has 0 fully saturated rings. The zero-order valence-corrected chi connectivity index (χ0v) is 12.1. The Morgan fingerprint density at radius 1 is 1.37 bits per heavy atom. The number of rotatable bonds is 3. The lowest BCUT2D eigenvalue weighted by atomic mass is 10.3. The number of nitro groups is 1. The van der Waals surface area contributed by atoms with E-state index >= 15 is 0 Å². The van der Waals surface area contributed by atoms with Gasteiger partial charge in [-0.2, -0.15) is 4.98 Å². The molecule has 19 heavy (non-hydrogen) atoms. The van der Waals surface area contributed by atoms with Crippen LogP contribution >= 0.6 is 22.6 Å². The quantitative estimate of drug-likeness (QED) is 0.488. The third kappa shape index (κ3) is 2.89. The number of nitrogen functional groups attached to an aromatic ring is 1. The van der Waals surface area contributed by atoms with Crippen LogP contribution in [-0.2, 0) is 0 Å². The van der Waals surface area contributed by atoms with Crippen LogP contribution in [-0.4, -0.2) is 14.9 Å². The molecule has 0 aliphatic carbocycles. The molecule has 1 heterocycles. The number of benzene rings is 1. The second-order valence-electron chi connectivity index (χ2n) is 3.73. The first-order valence-corrected chi connectivity index (χ1v) is 6.37. The fourth-order valence-electron chi connectivity index (χ4n) is 1.58. The molecule has 1 aromatic heterocycles. The molecule has 0 spiro atoms. The van der Waals surface area contributed by atoms with Gasteiger partial charge >= 0.3 is 5.69 Å². The van der Waals surface area contributed by atoms with Gasteiger partial charge in [0.25, 0.3) is 0 Å². The molecular weight excluding hydrogens is 361 g/mol. The van der Waals surface area contributed by atoms with E-state index in [0.29, 0.717) is 0 Å². The van der Waals surface area contributed by atoms with Crippen LogP contribution in [0.2, 0.25) is 0 Å². The number of nitrogens with zero attached hydrogens (tertiary/aromatic N) is 3. The average Bonchev–Trinajstić information content (AvgIpc) is 2.30. The number of anilines is 3. The number of para-hydroxylation sites is 1. The molecule has 3 N–H and O–H groups in total. The average molecular weight is 371 g/mol. The third-order valence-corrected chi connectivity index (χ3v) is 3.33. The molecule has 0 atom stereocenters. The van der Waals surface area contributed by atoms with Gasteiger partial charge in [-0.05, 0) is 41.6 Å². The van der Waals surface area contributed by atoms with Gasteiger partial charge in [-0.1, -0.05) is 12.1 Å². The van der Waals surface area contributed by atoms with Crippen molar-refractivity contribution in [3.05, 3.63) is 43.6 Å². The van der Waals surface area contributed by atoms with Crippen molar-refractivity contribution in [2.24, 2.45) is 0 Å². The van der Waals surface area contributed by atoms with E-state index in [1.54, 1.807) is 6.07 Å². The molecule has 0 saturated heterocycles. The summed E-state index contributed by atoms with van der Waals surface area (Å²) in [4.78, 5) is 18.3. The van der Waals surface area contributed by atoms with Crippen molar-refractivity contribution in [2.75, 3.05) is 11.1 Å². The fourth-order valence-corrected chi connectivity index (χ4v) is 2.11. The van der Waals surface area contributed by atoms with Crippen LogP contribution in [0, 0.1) is 20.6 Å². The Balaban J connectivity index is 2.51. The second kappa shape index (κ2) is 5.34. The Kier molecular flexibility index (Phi) is 3.79. The summed E-state index contributed by atoms with van der Waals surface area (Å²) in [7, 11) is 0. The van der Waals surface area contributed by atoms with Crippen LogP contribution in [0.3, 0.4) is 0 Å². The maximum Gasteiger partial charge on any atom is 0.332 e. The lowest BCUT2D eigenvalue weighted by Gasteiger charge is -2.09. The lowest BCUT2D eigenvalue weighted by Crippen LogP contribution is -2.07. The number of nitrogens with two attached hydrogens (primary N) is 1. The highest BCUT2D eigenvalue weighted by molar-refractivity contribution is 14.1. The van der Waals surface area contributed by atoms with Crippen molar-refractivity contribution in [3.63, 3.8) is 0 Å². The highest BCUT2D eigenvalue weighted by Gasteiger charge is 2.21. The van der Waals surface area contributed by atoms with Gasteiger partial charge in [0.05, 0.1) is 10.6 Å². The monoisotopic (exact) mass is 371 g/mol. The highest BCUT2D eigenvalue weighted by Crippen LogP contribution is 2.30. The topological polar surface area (TPSA) is 107 Å². The summed E-state index contributed by atoms with van der Waals surface area (Å²) in [5.41, 5.74) is 6.31. The first-order chi connectivity index (χ1) is 8.99. The van der Waals surface area contributed by atoms with E-state index in [9.17, 15) is 10.1 Å². The van der Waals surface area contributed by atoms with Crippen molar-refractivity contribution in [2.45, 2.75) is 6.92 Å². The Hall–Kier alpha value is -1.97. The van der Waals surface area contributed by atoms with Crippen molar-refractivity contribution in [1.82, 2.24) is 9.97 Å². The summed E-state index contributed by atoms with van der Waals surface area (Å²) in [6.07, 6.45) is 0. The van der Waals surface area contributed by atoms with Gasteiger partial charge in [0.15, 0.2) is 0 Å². The summed E-state index contributed by atoms with van der Waals surface area (Å²) in [5, 5.41) is 14.0. The number of aromatic nitrogens is 2. The standard InChI is InChI=1S/C11H10IN5O2/c1-6-9(17(18)19)10(16-11(13)14-6)15-8-5-3-2-4-7(8)12/h2-5H,1H3,(H3,13,14,15,16). The first-order valence-electron chi connectivity index (χ1n) is 5.29. The Morgan fingerprint density at radius 3 is 2.68 bits per heavy atom. The zero-order valence-electron chi connectivity index (χ0n) is 9.92. The van der Waals surface area contributed by atoms with Crippen molar-refractivity contribution < 1.29 is 4.92 Å². The first kappa shape index (κ1) is 13.5. The molecule has 2 aromatic rings. The van der Waals surface area contributed by atoms with Crippen molar-refractivity contribution in [1.29, 1.82) is 0 Å². The molecule has 7 nitrogen and oxygen atoms in total. The SMILES string of the molecule is Cc1nc(N)nc(Nc2ccccc2I)c1[N+](=O)[O-]. The summed E-state index contributed by atoms with van der Waals surface area (Å²) in [5.74, 6) is 0.0932. The van der Waals surface area contributed by atoms with E-state index in [1.165, 1.54) is 6.92 Å². The molecule has 2 rings (SSSR count). The Bertz CT molecular complexity index is 647. The minimum absolute atomic E-state index is 0.00320. The molecule has 0 bridgehead atoms. The number of hydrogen-bond donors (Lipinski definition) is 2. The highest BCUT2D eigenvalue weighted by atomic mass is 127. The molecule has 8 heteroatoms. The van der Waals surface area contributed by atoms with Crippen LogP contribution in [0.1, 0.15) is 5.69 Å². The molecule has 0 aliphatic heterocycles. The van der Waals surface area contributed by atoms with E-state index in [-0.39, 0.29) is 23.1 Å². The lowest BCUT2D eigenvalue weighted by molar-refractivity contribution is -0.385. The van der Waals surface area contributed by atoms with Gasteiger partial charge in [-0.15, -0.1) is 0 Å². The van der Waals surface area contributed by atoms with Gasteiger partial charge < -0.3 is 11.1 Å². The predicted molar refractivity (Wildman–Crippen MR) is 80.3 cm³/mol. The Morgan fingerprint density at radius 2 is 2.05 bits per heavy atom. The van der Waals surface area contributed by atoms with Gasteiger partial charge in [-0.3, -0.25) is 10.1 Å². The van der Waals surface area contributed by atoms with Crippen LogP contribution in [0.5, 0.6) is 0 Å². The van der Waals surface area contributed by atoms with Crippen LogP contribution in [0.15, 0.2) is 24.3 Å². The van der Waals surface area contributed by atoms with Gasteiger partial charge in [0, 0.05) is 3.57 Å². The largest absolute Gasteiger partial charge is 0.368 e. The fraction of sp³-hybridized carbons (Fsp3) is 0.0909. The number of halogens is 1. The molecular formula is C11H10IN5O2. The van der Waals surface area contributed by atoms with Gasteiger partial charge in [0.1, 0.15) is 5.69 Å². The van der Waals surface area contributed by atoms with E-state index < -0.39 is 4.92 Å². The van der Waals surface area contributed by atoms with Crippen LogP contribution in [0.25, 0.3) is 0 Å². The zero-order chi connectivity index (χ0) is 14.0. The summed E-state index contributed by atoms with van der Waals surface area (Å²) in [6.45, 7) is 1.53. The molecule has 0 amide bonds. The minimum Gasteiger partial charge on any atom is -0.368 e. The summed E-state index contributed by atoms with van der Waals surface area (Å²) >= 11 is 2.13. The maximum absolute atomic E-state index is 11.1. The Labute approximate surface area is 122 Å². The molecule has 1 aromatic carbocycles. The van der Waals surface area contributed by atoms with Crippen molar-refractivity contribution in [3.8, 4) is 0 Å². The van der Waals surface area contributed by atoms with E-state index in [0.717, 1.165) is 9.26 Å². The second-order valence-corrected chi connectivity index (χ2v) is 4.89. The molecule has 0 unspecified atom stereocenters. The smallest absolute Gasteiger partial charge is 0.332 e. The van der Waals surface area contributed by atoms with Gasteiger partial charge in [0.2, 0.25) is 11.8 Å². The van der Waals surface area contributed by atoms with E-state index in [1.807, 2.05) is 18.2 Å². The van der Waals surface area contributed by atoms with E-state index in [2.05, 4.69) is 37.9 Å². The third-order valence-electron chi connectivity index (χ3n) is 2.39. The van der Waals surface area contributed by atoms with Crippen LogP contribution < -0.4 is 11.1 Å². The molecule has 0 saturated carbocycles. The van der Waals surface area contributed by atoms with Crippen molar-refractivity contribution >= 4 is 45.7 Å². The molecule has 0 radical (unpaired) electrons.